The van der Waals surface area contributed by atoms with Crippen molar-refractivity contribution in [1.82, 2.24) is 5.32 Å². The van der Waals surface area contributed by atoms with Crippen LogP contribution in [0.3, 0.4) is 0 Å². The van der Waals surface area contributed by atoms with Gasteiger partial charge in [0.2, 0.25) is 0 Å². The number of aliphatic carboxylic acids is 1. The summed E-state index contributed by atoms with van der Waals surface area (Å²) < 4.78 is 4.96. The van der Waals surface area contributed by atoms with Gasteiger partial charge in [0, 0.05) is 13.2 Å². The summed E-state index contributed by atoms with van der Waals surface area (Å²) in [5, 5.41) is 10.9. The van der Waals surface area contributed by atoms with Crippen LogP contribution in [0.15, 0.2) is 0 Å². The van der Waals surface area contributed by atoms with Crippen molar-refractivity contribution in [2.24, 2.45) is 0 Å². The minimum atomic E-state index is -0.837. The first kappa shape index (κ1) is 9.39. The summed E-state index contributed by atoms with van der Waals surface area (Å²) in [5.74, 6) is -0.837. The van der Waals surface area contributed by atoms with Gasteiger partial charge in [-0.1, -0.05) is 0 Å². The van der Waals surface area contributed by atoms with Crippen molar-refractivity contribution in [3.63, 3.8) is 0 Å². The maximum atomic E-state index is 9.93. The Labute approximate surface area is 60.2 Å². The quantitative estimate of drug-likeness (QED) is 0.506. The second kappa shape index (κ2) is 6.51. The molecular formula is C6H13NO3. The summed E-state index contributed by atoms with van der Waals surface area (Å²) >= 11 is 0. The van der Waals surface area contributed by atoms with Gasteiger partial charge < -0.3 is 15.2 Å². The lowest BCUT2D eigenvalue weighted by atomic mass is 10.6. The highest BCUT2D eigenvalue weighted by atomic mass is 16.5. The van der Waals surface area contributed by atoms with Gasteiger partial charge in [-0.05, 0) is 6.92 Å². The van der Waals surface area contributed by atoms with Gasteiger partial charge in [-0.2, -0.15) is 0 Å². The zero-order chi connectivity index (χ0) is 7.82. The lowest BCUT2D eigenvalue weighted by Crippen LogP contribution is -2.26. The van der Waals surface area contributed by atoms with Gasteiger partial charge in [0.25, 0.3) is 0 Å². The smallest absolute Gasteiger partial charge is 0.317 e. The van der Waals surface area contributed by atoms with Crippen LogP contribution in [-0.4, -0.2) is 37.4 Å². The Morgan fingerprint density at radius 1 is 1.70 bits per heavy atom. The van der Waals surface area contributed by atoms with Crippen LogP contribution in [0, 0.1) is 0 Å². The van der Waals surface area contributed by atoms with Gasteiger partial charge in [0.05, 0.1) is 13.2 Å². The van der Waals surface area contributed by atoms with E-state index in [9.17, 15) is 4.79 Å². The predicted octanol–water partition coefficient (Wildman–Crippen LogP) is -0.303. The van der Waals surface area contributed by atoms with Gasteiger partial charge in [-0.25, -0.2) is 0 Å². The molecule has 4 nitrogen and oxygen atoms in total. The molecule has 0 aromatic heterocycles. The second-order valence-corrected chi connectivity index (χ2v) is 1.77. The number of carbonyl (C=O) groups is 1. The van der Waals surface area contributed by atoms with Crippen molar-refractivity contribution in [3.8, 4) is 0 Å². The van der Waals surface area contributed by atoms with Crippen LogP contribution in [0.2, 0.25) is 0 Å². The van der Waals surface area contributed by atoms with Crippen LogP contribution >= 0.6 is 0 Å². The summed E-state index contributed by atoms with van der Waals surface area (Å²) in [7, 11) is 0. The van der Waals surface area contributed by atoms with Crippen molar-refractivity contribution in [1.29, 1.82) is 0 Å². The molecule has 10 heavy (non-hydrogen) atoms. The third kappa shape index (κ3) is 7.39. The average molecular weight is 147 g/mol. The monoisotopic (exact) mass is 147 g/mol. The normalized spacial score (nSPS) is 9.70. The van der Waals surface area contributed by atoms with E-state index in [1.54, 1.807) is 0 Å². The second-order valence-electron chi connectivity index (χ2n) is 1.77. The number of hydrogen-bond acceptors (Lipinski definition) is 3. The Bertz CT molecular complexity index is 95.0. The first-order chi connectivity index (χ1) is 4.77. The van der Waals surface area contributed by atoms with E-state index >= 15 is 0 Å². The third-order valence-electron chi connectivity index (χ3n) is 0.904. The molecule has 0 amide bonds. The van der Waals surface area contributed by atoms with Gasteiger partial charge in [0.15, 0.2) is 0 Å². The van der Waals surface area contributed by atoms with E-state index in [2.05, 4.69) is 5.32 Å². The van der Waals surface area contributed by atoms with Crippen LogP contribution < -0.4 is 5.32 Å². The number of rotatable bonds is 6. The van der Waals surface area contributed by atoms with Crippen molar-refractivity contribution in [2.45, 2.75) is 6.92 Å². The van der Waals surface area contributed by atoms with Crippen molar-refractivity contribution < 1.29 is 14.6 Å². The minimum Gasteiger partial charge on any atom is -0.480 e. The molecule has 0 aromatic carbocycles. The molecule has 0 heterocycles. The Morgan fingerprint density at radius 2 is 2.40 bits per heavy atom. The molecule has 0 atom stereocenters. The summed E-state index contributed by atoms with van der Waals surface area (Å²) in [6.07, 6.45) is 0. The molecular weight excluding hydrogens is 134 g/mol. The van der Waals surface area contributed by atoms with E-state index < -0.39 is 5.97 Å². The number of carboxylic acids is 1. The lowest BCUT2D eigenvalue weighted by Gasteiger charge is -2.00. The summed E-state index contributed by atoms with van der Waals surface area (Å²) in [6.45, 7) is 3.75. The van der Waals surface area contributed by atoms with Crippen molar-refractivity contribution in [2.75, 3.05) is 26.3 Å². The predicted molar refractivity (Wildman–Crippen MR) is 37.0 cm³/mol. The number of nitrogens with one attached hydrogen (secondary N) is 1. The largest absolute Gasteiger partial charge is 0.480 e. The Kier molecular flexibility index (Phi) is 6.11. The standard InChI is InChI=1S/C6H13NO3/c1-2-10-4-3-7-5-6(8)9/h7H,2-5H2,1H3,(H,8,9). The fraction of sp³-hybridized carbons (Fsp3) is 0.833. The minimum absolute atomic E-state index is 0.00702. The maximum absolute atomic E-state index is 9.93. The molecule has 0 radical (unpaired) electrons. The molecule has 60 valence electrons. The zero-order valence-electron chi connectivity index (χ0n) is 6.09. The molecule has 0 aromatic rings. The molecule has 0 saturated carbocycles. The molecule has 0 saturated heterocycles. The first-order valence-corrected chi connectivity index (χ1v) is 3.27. The van der Waals surface area contributed by atoms with Gasteiger partial charge >= 0.3 is 5.97 Å². The van der Waals surface area contributed by atoms with E-state index in [4.69, 9.17) is 9.84 Å². The molecule has 4 heteroatoms. The van der Waals surface area contributed by atoms with E-state index in [1.807, 2.05) is 6.92 Å². The van der Waals surface area contributed by atoms with Crippen molar-refractivity contribution >= 4 is 5.97 Å². The summed E-state index contributed by atoms with van der Waals surface area (Å²) in [5.41, 5.74) is 0. The number of carboxylic acid groups (broad SMARTS) is 1. The molecule has 0 unspecified atom stereocenters. The van der Waals surface area contributed by atoms with E-state index in [0.717, 1.165) is 0 Å². The van der Waals surface area contributed by atoms with Gasteiger partial charge in [-0.3, -0.25) is 4.79 Å². The van der Waals surface area contributed by atoms with E-state index in [1.165, 1.54) is 0 Å². The highest BCUT2D eigenvalue weighted by molar-refractivity contribution is 5.68. The fourth-order valence-corrected chi connectivity index (χ4v) is 0.484. The Morgan fingerprint density at radius 3 is 2.90 bits per heavy atom. The van der Waals surface area contributed by atoms with Crippen LogP contribution in [0.25, 0.3) is 0 Å². The molecule has 2 N–H and O–H groups in total. The highest BCUT2D eigenvalue weighted by Gasteiger charge is 1.92. The molecule has 0 spiro atoms. The van der Waals surface area contributed by atoms with Crippen LogP contribution in [0.1, 0.15) is 6.92 Å². The highest BCUT2D eigenvalue weighted by Crippen LogP contribution is 1.69. The molecule has 0 aliphatic carbocycles. The molecule has 0 aliphatic rings. The van der Waals surface area contributed by atoms with E-state index in [0.29, 0.717) is 19.8 Å². The molecule has 0 aliphatic heterocycles. The SMILES string of the molecule is CCOCCNCC(=O)O. The van der Waals surface area contributed by atoms with Crippen LogP contribution in [0.5, 0.6) is 0 Å². The maximum Gasteiger partial charge on any atom is 0.317 e. The lowest BCUT2D eigenvalue weighted by molar-refractivity contribution is -0.135. The van der Waals surface area contributed by atoms with Crippen LogP contribution in [-0.2, 0) is 9.53 Å². The van der Waals surface area contributed by atoms with Gasteiger partial charge in [-0.15, -0.1) is 0 Å². The first-order valence-electron chi connectivity index (χ1n) is 3.27. The number of hydrogen-bond donors (Lipinski definition) is 2. The molecule has 0 bridgehead atoms. The average Bonchev–Trinajstić information content (AvgIpc) is 1.87. The van der Waals surface area contributed by atoms with Crippen LogP contribution in [0.4, 0.5) is 0 Å². The molecule has 0 rings (SSSR count). The topological polar surface area (TPSA) is 58.6 Å². The fourth-order valence-electron chi connectivity index (χ4n) is 0.484. The van der Waals surface area contributed by atoms with Crippen molar-refractivity contribution in [3.05, 3.63) is 0 Å². The summed E-state index contributed by atoms with van der Waals surface area (Å²) in [4.78, 5) is 9.93. The Balaban J connectivity index is 2.84. The third-order valence-corrected chi connectivity index (χ3v) is 0.904. The van der Waals surface area contributed by atoms with E-state index in [-0.39, 0.29) is 6.54 Å². The summed E-state index contributed by atoms with van der Waals surface area (Å²) in [6, 6.07) is 0. The molecule has 0 fully saturated rings. The van der Waals surface area contributed by atoms with Gasteiger partial charge in [0.1, 0.15) is 0 Å². The Hall–Kier alpha value is -0.610. The number of ether oxygens (including phenoxy) is 1. The zero-order valence-corrected chi connectivity index (χ0v) is 6.09.